The normalized spacial score (nSPS) is 11.5. The Balaban J connectivity index is 2.95. The van der Waals surface area contributed by atoms with Crippen LogP contribution in [0.5, 0.6) is 0 Å². The molecule has 1 aromatic rings. The number of rotatable bonds is 5. The molecule has 21 heavy (non-hydrogen) atoms. The fourth-order valence-electron chi connectivity index (χ4n) is 2.22. The molecule has 0 atom stereocenters. The van der Waals surface area contributed by atoms with Gasteiger partial charge in [-0.15, -0.1) is 0 Å². The fraction of sp³-hybridized carbons (Fsp3) is 0.529. The van der Waals surface area contributed by atoms with E-state index in [9.17, 15) is 14.7 Å². The number of carbonyl (C=O) groups excluding carboxylic acids is 1. The molecule has 1 amide bonds. The lowest BCUT2D eigenvalue weighted by atomic mass is 9.94. The van der Waals surface area contributed by atoms with Crippen molar-refractivity contribution in [3.63, 3.8) is 0 Å². The SMILES string of the molecule is CC(C)N(CC(C)(C)C)C(=O)Cc1ccccc1C(=O)O. The zero-order valence-electron chi connectivity index (χ0n) is 13.5. The standard InChI is InChI=1S/C17H25NO3/c1-12(2)18(11-17(3,4)5)15(19)10-13-8-6-7-9-14(13)16(20)21/h6-9,12H,10-11H2,1-5H3,(H,20,21). The van der Waals surface area contributed by atoms with Crippen LogP contribution in [-0.4, -0.2) is 34.5 Å². The summed E-state index contributed by atoms with van der Waals surface area (Å²) >= 11 is 0. The molecule has 1 rings (SSSR count). The van der Waals surface area contributed by atoms with E-state index >= 15 is 0 Å². The molecule has 0 bridgehead atoms. The third-order valence-corrected chi connectivity index (χ3v) is 3.18. The molecule has 4 heteroatoms. The van der Waals surface area contributed by atoms with Crippen LogP contribution in [0.1, 0.15) is 50.5 Å². The van der Waals surface area contributed by atoms with Gasteiger partial charge in [-0.1, -0.05) is 39.0 Å². The highest BCUT2D eigenvalue weighted by atomic mass is 16.4. The van der Waals surface area contributed by atoms with E-state index in [4.69, 9.17) is 0 Å². The number of amides is 1. The summed E-state index contributed by atoms with van der Waals surface area (Å²) in [5.74, 6) is -1.03. The lowest BCUT2D eigenvalue weighted by Gasteiger charge is -2.33. The first-order valence-electron chi connectivity index (χ1n) is 7.22. The van der Waals surface area contributed by atoms with Gasteiger partial charge < -0.3 is 10.0 Å². The Kier molecular flexibility index (Phi) is 5.53. The second-order valence-electron chi connectivity index (χ2n) is 6.82. The molecule has 0 saturated carbocycles. The number of aromatic carboxylic acids is 1. The minimum absolute atomic E-state index is 0.00620. The van der Waals surface area contributed by atoms with E-state index in [1.165, 1.54) is 6.07 Å². The zero-order chi connectivity index (χ0) is 16.2. The molecule has 0 aliphatic heterocycles. The minimum atomic E-state index is -0.995. The maximum Gasteiger partial charge on any atom is 0.335 e. The maximum absolute atomic E-state index is 12.5. The summed E-state index contributed by atoms with van der Waals surface area (Å²) in [5, 5.41) is 9.19. The fourth-order valence-corrected chi connectivity index (χ4v) is 2.22. The van der Waals surface area contributed by atoms with Gasteiger partial charge in [0, 0.05) is 12.6 Å². The molecule has 0 fully saturated rings. The summed E-state index contributed by atoms with van der Waals surface area (Å²) in [6.07, 6.45) is 0.122. The highest BCUT2D eigenvalue weighted by Crippen LogP contribution is 2.19. The van der Waals surface area contributed by atoms with Gasteiger partial charge in [-0.25, -0.2) is 4.79 Å². The number of nitrogens with zero attached hydrogens (tertiary/aromatic N) is 1. The maximum atomic E-state index is 12.5. The van der Waals surface area contributed by atoms with Crippen molar-refractivity contribution in [3.8, 4) is 0 Å². The molecular weight excluding hydrogens is 266 g/mol. The second kappa shape index (κ2) is 6.74. The third kappa shape index (κ3) is 5.21. The molecule has 0 radical (unpaired) electrons. The Morgan fingerprint density at radius 1 is 1.19 bits per heavy atom. The first-order chi connectivity index (χ1) is 9.61. The summed E-state index contributed by atoms with van der Waals surface area (Å²) in [6, 6.07) is 6.77. The van der Waals surface area contributed by atoms with Crippen LogP contribution < -0.4 is 0 Å². The summed E-state index contributed by atoms with van der Waals surface area (Å²) in [4.78, 5) is 25.6. The number of hydrogen-bond acceptors (Lipinski definition) is 2. The van der Waals surface area contributed by atoms with Gasteiger partial charge in [0.2, 0.25) is 5.91 Å². The number of benzene rings is 1. The highest BCUT2D eigenvalue weighted by molar-refractivity contribution is 5.91. The molecule has 0 spiro atoms. The van der Waals surface area contributed by atoms with Crippen LogP contribution >= 0.6 is 0 Å². The van der Waals surface area contributed by atoms with Crippen molar-refractivity contribution in [2.75, 3.05) is 6.54 Å². The molecule has 0 heterocycles. The summed E-state index contributed by atoms with van der Waals surface area (Å²) in [5.41, 5.74) is 0.770. The molecule has 0 aliphatic carbocycles. The van der Waals surface area contributed by atoms with E-state index in [2.05, 4.69) is 20.8 Å². The predicted octanol–water partition coefficient (Wildman–Crippen LogP) is 3.21. The molecule has 0 aliphatic rings. The molecule has 1 aromatic carbocycles. The Morgan fingerprint density at radius 3 is 2.24 bits per heavy atom. The third-order valence-electron chi connectivity index (χ3n) is 3.18. The van der Waals surface area contributed by atoms with Crippen LogP contribution in [0.25, 0.3) is 0 Å². The van der Waals surface area contributed by atoms with Crippen molar-refractivity contribution in [2.45, 2.75) is 47.1 Å². The van der Waals surface area contributed by atoms with Crippen LogP contribution in [0.3, 0.4) is 0 Å². The van der Waals surface area contributed by atoms with E-state index in [1.807, 2.05) is 18.7 Å². The lowest BCUT2D eigenvalue weighted by Crippen LogP contribution is -2.43. The summed E-state index contributed by atoms with van der Waals surface area (Å²) in [7, 11) is 0. The topological polar surface area (TPSA) is 57.6 Å². The number of carboxylic acids is 1. The van der Waals surface area contributed by atoms with E-state index in [-0.39, 0.29) is 29.3 Å². The molecule has 0 unspecified atom stereocenters. The van der Waals surface area contributed by atoms with Crippen LogP contribution in [-0.2, 0) is 11.2 Å². The average molecular weight is 291 g/mol. The van der Waals surface area contributed by atoms with Crippen molar-refractivity contribution < 1.29 is 14.7 Å². The molecule has 4 nitrogen and oxygen atoms in total. The monoisotopic (exact) mass is 291 g/mol. The molecule has 116 valence electrons. The Labute approximate surface area is 126 Å². The van der Waals surface area contributed by atoms with Crippen molar-refractivity contribution in [1.29, 1.82) is 0 Å². The average Bonchev–Trinajstić information content (AvgIpc) is 2.34. The van der Waals surface area contributed by atoms with Crippen LogP contribution in [0.15, 0.2) is 24.3 Å². The molecule has 0 saturated heterocycles. The van der Waals surface area contributed by atoms with Crippen LogP contribution in [0.2, 0.25) is 0 Å². The van der Waals surface area contributed by atoms with Gasteiger partial charge in [0.05, 0.1) is 12.0 Å². The first-order valence-corrected chi connectivity index (χ1v) is 7.22. The van der Waals surface area contributed by atoms with Gasteiger partial charge in [-0.3, -0.25) is 4.79 Å². The number of carbonyl (C=O) groups is 2. The number of hydrogen-bond donors (Lipinski definition) is 1. The van der Waals surface area contributed by atoms with Crippen LogP contribution in [0.4, 0.5) is 0 Å². The minimum Gasteiger partial charge on any atom is -0.478 e. The molecule has 1 N–H and O–H groups in total. The van der Waals surface area contributed by atoms with Gasteiger partial charge in [0.1, 0.15) is 0 Å². The van der Waals surface area contributed by atoms with E-state index in [1.54, 1.807) is 18.2 Å². The first kappa shape index (κ1) is 17.2. The van der Waals surface area contributed by atoms with Gasteiger partial charge in [0.25, 0.3) is 0 Å². The van der Waals surface area contributed by atoms with Crippen LogP contribution in [0, 0.1) is 5.41 Å². The van der Waals surface area contributed by atoms with Crippen molar-refractivity contribution >= 4 is 11.9 Å². The van der Waals surface area contributed by atoms with Crippen molar-refractivity contribution in [2.24, 2.45) is 5.41 Å². The molecule has 0 aromatic heterocycles. The summed E-state index contributed by atoms with van der Waals surface area (Å²) < 4.78 is 0. The van der Waals surface area contributed by atoms with Gasteiger partial charge in [-0.05, 0) is 30.9 Å². The lowest BCUT2D eigenvalue weighted by molar-refractivity contribution is -0.133. The Hall–Kier alpha value is -1.84. The number of carboxylic acid groups (broad SMARTS) is 1. The van der Waals surface area contributed by atoms with Gasteiger partial charge >= 0.3 is 5.97 Å². The summed E-state index contributed by atoms with van der Waals surface area (Å²) in [6.45, 7) is 10.9. The quantitative estimate of drug-likeness (QED) is 0.906. The zero-order valence-corrected chi connectivity index (χ0v) is 13.5. The van der Waals surface area contributed by atoms with Gasteiger partial charge in [0.15, 0.2) is 0 Å². The van der Waals surface area contributed by atoms with E-state index in [0.717, 1.165) is 0 Å². The predicted molar refractivity (Wildman–Crippen MR) is 83.4 cm³/mol. The largest absolute Gasteiger partial charge is 0.478 e. The second-order valence-corrected chi connectivity index (χ2v) is 6.82. The van der Waals surface area contributed by atoms with Crippen molar-refractivity contribution in [3.05, 3.63) is 35.4 Å². The Morgan fingerprint density at radius 2 is 1.76 bits per heavy atom. The smallest absolute Gasteiger partial charge is 0.335 e. The highest BCUT2D eigenvalue weighted by Gasteiger charge is 2.24. The van der Waals surface area contributed by atoms with Gasteiger partial charge in [-0.2, -0.15) is 0 Å². The van der Waals surface area contributed by atoms with E-state index in [0.29, 0.717) is 12.1 Å². The van der Waals surface area contributed by atoms with E-state index < -0.39 is 5.97 Å². The molecular formula is C17H25NO3. The Bertz CT molecular complexity index is 515. The van der Waals surface area contributed by atoms with Crippen molar-refractivity contribution in [1.82, 2.24) is 4.90 Å².